The van der Waals surface area contributed by atoms with Crippen molar-refractivity contribution in [1.82, 2.24) is 0 Å². The molecule has 0 spiro atoms. The molecule has 0 aromatic heterocycles. The van der Waals surface area contributed by atoms with Crippen molar-refractivity contribution in [3.63, 3.8) is 0 Å². The van der Waals surface area contributed by atoms with Crippen molar-refractivity contribution in [2.24, 2.45) is 33.3 Å². The lowest BCUT2D eigenvalue weighted by molar-refractivity contribution is 0.590. The average Bonchev–Trinajstić information content (AvgIpc) is 2.13. The zero-order valence-corrected chi connectivity index (χ0v) is 7.67. The second kappa shape index (κ2) is 2.47. The summed E-state index contributed by atoms with van der Waals surface area (Å²) in [4.78, 5) is 8.87. The summed E-state index contributed by atoms with van der Waals surface area (Å²) >= 11 is 0. The molecule has 6 rings (SSSR count). The van der Waals surface area contributed by atoms with E-state index in [4.69, 9.17) is 11.5 Å². The Morgan fingerprint density at radius 1 is 0.786 bits per heavy atom. The smallest absolute Gasteiger partial charge is 0.104 e. The van der Waals surface area contributed by atoms with E-state index in [1.54, 1.807) is 0 Å². The third kappa shape index (κ3) is 0.880. The van der Waals surface area contributed by atoms with Gasteiger partial charge in [-0.25, -0.2) is 0 Å². The Hall–Kier alpha value is -1.58. The van der Waals surface area contributed by atoms with Crippen LogP contribution in [0.15, 0.2) is 34.3 Å². The summed E-state index contributed by atoms with van der Waals surface area (Å²) in [6.07, 6.45) is 8.38. The number of hydrogen-bond acceptors (Lipinski definition) is 4. The molecule has 4 bridgehead atoms. The number of nitrogens with zero attached hydrogens (tertiary/aromatic N) is 2. The maximum Gasteiger partial charge on any atom is 0.104 e. The summed E-state index contributed by atoms with van der Waals surface area (Å²) < 4.78 is 0. The second-order valence-electron chi connectivity index (χ2n) is 3.91. The van der Waals surface area contributed by atoms with Crippen LogP contribution in [0.4, 0.5) is 0 Å². The summed E-state index contributed by atoms with van der Waals surface area (Å²) in [6.45, 7) is 0. The highest BCUT2D eigenvalue weighted by molar-refractivity contribution is 5.93. The number of nitrogens with two attached hydrogens (primary N) is 2. The molecule has 5 heterocycles. The normalized spacial score (nSPS) is 43.1. The molecular formula is C10H12N4. The molecule has 14 heavy (non-hydrogen) atoms. The van der Waals surface area contributed by atoms with E-state index in [1.807, 2.05) is 0 Å². The minimum Gasteiger partial charge on any atom is -0.387 e. The van der Waals surface area contributed by atoms with Gasteiger partial charge in [-0.2, -0.15) is 0 Å². The van der Waals surface area contributed by atoms with Gasteiger partial charge < -0.3 is 11.5 Å². The predicted molar refractivity (Wildman–Crippen MR) is 56.1 cm³/mol. The second-order valence-corrected chi connectivity index (χ2v) is 3.91. The van der Waals surface area contributed by atoms with Gasteiger partial charge in [0, 0.05) is 0 Å². The molecule has 72 valence electrons. The van der Waals surface area contributed by atoms with E-state index < -0.39 is 0 Å². The number of dihydropyridines is 2. The topological polar surface area (TPSA) is 76.8 Å². The molecule has 4 heteroatoms. The number of hydrogen-bond donors (Lipinski definition) is 2. The molecule has 4 N–H and O–H groups in total. The molecule has 4 atom stereocenters. The van der Waals surface area contributed by atoms with Crippen LogP contribution in [0.5, 0.6) is 0 Å². The van der Waals surface area contributed by atoms with E-state index in [0.29, 0.717) is 11.7 Å². The fourth-order valence-corrected chi connectivity index (χ4v) is 2.24. The highest BCUT2D eigenvalue weighted by atomic mass is 15.0. The Labute approximate surface area is 82.1 Å². The Kier molecular flexibility index (Phi) is 1.37. The first kappa shape index (κ1) is 7.79. The van der Waals surface area contributed by atoms with Gasteiger partial charge in [0.1, 0.15) is 11.7 Å². The Balaban J connectivity index is 2.14. The molecule has 0 radical (unpaired) electrons. The van der Waals surface area contributed by atoms with Crippen LogP contribution in [-0.2, 0) is 0 Å². The van der Waals surface area contributed by atoms with E-state index in [1.165, 1.54) is 0 Å². The van der Waals surface area contributed by atoms with E-state index in [2.05, 4.69) is 34.3 Å². The Bertz CT molecular complexity index is 353. The Morgan fingerprint density at radius 3 is 1.57 bits per heavy atom. The highest BCUT2D eigenvalue weighted by Gasteiger charge is 2.35. The predicted octanol–water partition coefficient (Wildman–Crippen LogP) is -0.176. The van der Waals surface area contributed by atoms with Crippen molar-refractivity contribution in [2.45, 2.75) is 12.1 Å². The lowest BCUT2D eigenvalue weighted by Crippen LogP contribution is -2.45. The summed E-state index contributed by atoms with van der Waals surface area (Å²) in [5, 5.41) is 0. The molecule has 6 aliphatic rings. The molecule has 0 amide bonds. The Morgan fingerprint density at radius 2 is 1.21 bits per heavy atom. The molecule has 0 aromatic carbocycles. The van der Waals surface area contributed by atoms with E-state index >= 15 is 0 Å². The zero-order chi connectivity index (χ0) is 9.71. The first-order valence-electron chi connectivity index (χ1n) is 4.78. The molecule has 5 aliphatic heterocycles. The van der Waals surface area contributed by atoms with Crippen LogP contribution in [0.25, 0.3) is 0 Å². The van der Waals surface area contributed by atoms with Gasteiger partial charge in [-0.05, 0) is 0 Å². The number of aliphatic imine (C=N–C) groups is 2. The van der Waals surface area contributed by atoms with Crippen LogP contribution < -0.4 is 11.5 Å². The molecule has 0 aromatic rings. The van der Waals surface area contributed by atoms with Gasteiger partial charge in [0.25, 0.3) is 0 Å². The lowest BCUT2D eigenvalue weighted by atomic mass is 9.83. The monoisotopic (exact) mass is 188 g/mol. The minimum atomic E-state index is 0.0486. The molecular weight excluding hydrogens is 176 g/mol. The fourth-order valence-electron chi connectivity index (χ4n) is 2.24. The van der Waals surface area contributed by atoms with Crippen LogP contribution in [0, 0.1) is 11.8 Å². The van der Waals surface area contributed by atoms with Gasteiger partial charge in [-0.1, -0.05) is 24.3 Å². The van der Waals surface area contributed by atoms with Crippen molar-refractivity contribution in [2.75, 3.05) is 0 Å². The molecule has 4 nitrogen and oxygen atoms in total. The van der Waals surface area contributed by atoms with Crippen LogP contribution in [0.1, 0.15) is 0 Å². The van der Waals surface area contributed by atoms with Crippen molar-refractivity contribution < 1.29 is 0 Å². The van der Waals surface area contributed by atoms with Gasteiger partial charge >= 0.3 is 0 Å². The first-order chi connectivity index (χ1) is 6.75. The summed E-state index contributed by atoms with van der Waals surface area (Å²) in [7, 11) is 0. The van der Waals surface area contributed by atoms with Gasteiger partial charge in [-0.15, -0.1) is 0 Å². The highest BCUT2D eigenvalue weighted by Crippen LogP contribution is 2.29. The van der Waals surface area contributed by atoms with Gasteiger partial charge in [-0.3, -0.25) is 9.98 Å². The van der Waals surface area contributed by atoms with Crippen molar-refractivity contribution in [1.29, 1.82) is 0 Å². The minimum absolute atomic E-state index is 0.0486. The molecule has 0 saturated heterocycles. The van der Waals surface area contributed by atoms with Crippen LogP contribution >= 0.6 is 0 Å². The summed E-state index contributed by atoms with van der Waals surface area (Å²) in [5.41, 5.74) is 11.8. The van der Waals surface area contributed by atoms with Gasteiger partial charge in [0.05, 0.1) is 23.9 Å². The summed E-state index contributed by atoms with van der Waals surface area (Å²) in [5.74, 6) is 1.57. The zero-order valence-electron chi connectivity index (χ0n) is 7.67. The van der Waals surface area contributed by atoms with Crippen LogP contribution in [0.2, 0.25) is 0 Å². The quantitative estimate of drug-likeness (QED) is 0.517. The van der Waals surface area contributed by atoms with E-state index in [0.717, 1.165) is 0 Å². The lowest BCUT2D eigenvalue weighted by Gasteiger charge is -2.34. The van der Waals surface area contributed by atoms with E-state index in [9.17, 15) is 0 Å². The number of rotatable bonds is 0. The average molecular weight is 188 g/mol. The van der Waals surface area contributed by atoms with Crippen molar-refractivity contribution in [3.8, 4) is 0 Å². The first-order valence-corrected chi connectivity index (χ1v) is 4.78. The van der Waals surface area contributed by atoms with Gasteiger partial charge in [0.2, 0.25) is 0 Å². The third-order valence-corrected chi connectivity index (χ3v) is 3.05. The van der Waals surface area contributed by atoms with Crippen LogP contribution in [-0.4, -0.2) is 23.8 Å². The fraction of sp³-hybridized carbons (Fsp3) is 0.400. The largest absolute Gasteiger partial charge is 0.387 e. The SMILES string of the molecule is NC1=N[C@H]2C=C[C@H]1[C@H]1C=C[C@H]2C(N)=N1. The third-order valence-electron chi connectivity index (χ3n) is 3.05. The number of amidine groups is 2. The molecule has 1 aliphatic carbocycles. The van der Waals surface area contributed by atoms with E-state index in [-0.39, 0.29) is 23.9 Å². The van der Waals surface area contributed by atoms with Crippen molar-refractivity contribution in [3.05, 3.63) is 24.3 Å². The summed E-state index contributed by atoms with van der Waals surface area (Å²) in [6, 6.07) is 0.0972. The molecule has 0 saturated carbocycles. The maximum absolute atomic E-state index is 5.88. The standard InChI is InChI=1S/C10H12N4/c11-9-5-1-3-7(13-9)6-2-4-8(5)14-10(6)12/h1-8H,(H2,11,13)(H2,12,14)/t5-,6+,7-,8+. The maximum atomic E-state index is 5.88. The molecule has 0 unspecified atom stereocenters. The molecule has 0 fully saturated rings. The van der Waals surface area contributed by atoms with Crippen molar-refractivity contribution >= 4 is 11.7 Å². The van der Waals surface area contributed by atoms with Gasteiger partial charge in [0.15, 0.2) is 0 Å². The van der Waals surface area contributed by atoms with Crippen LogP contribution in [0.3, 0.4) is 0 Å².